The Kier molecular flexibility index (Phi) is 2.31. The van der Waals surface area contributed by atoms with Gasteiger partial charge in [0.25, 0.3) is 0 Å². The molecule has 84 valence electrons. The Bertz CT molecular complexity index is 601. The molecular weight excluding hydrogens is 235 g/mol. The zero-order valence-corrected chi connectivity index (χ0v) is 8.79. The second-order valence-electron chi connectivity index (χ2n) is 3.37. The fraction of sp³-hybridized carbons (Fsp3) is 0.100. The van der Waals surface area contributed by atoms with E-state index in [-0.39, 0.29) is 16.0 Å². The highest BCUT2D eigenvalue weighted by Crippen LogP contribution is 2.36. The summed E-state index contributed by atoms with van der Waals surface area (Å²) in [5.74, 6) is -1.91. The normalized spacial score (nSPS) is 16.7. The molecule has 0 aliphatic carbocycles. The Morgan fingerprint density at radius 3 is 2.69 bits per heavy atom. The van der Waals surface area contributed by atoms with E-state index < -0.39 is 28.0 Å². The van der Waals surface area contributed by atoms with Crippen molar-refractivity contribution in [3.63, 3.8) is 0 Å². The van der Waals surface area contributed by atoms with Gasteiger partial charge in [-0.25, -0.2) is 12.8 Å². The van der Waals surface area contributed by atoms with E-state index in [1.165, 1.54) is 12.1 Å². The minimum absolute atomic E-state index is 0.0133. The predicted molar refractivity (Wildman–Crippen MR) is 53.8 cm³/mol. The van der Waals surface area contributed by atoms with Gasteiger partial charge in [0, 0.05) is 11.0 Å². The van der Waals surface area contributed by atoms with Gasteiger partial charge < -0.3 is 5.11 Å². The SMILES string of the molecule is O=C(O)CC1=CS(=O)(=O)c2cccc(F)c21. The van der Waals surface area contributed by atoms with Crippen molar-refractivity contribution < 1.29 is 22.7 Å². The van der Waals surface area contributed by atoms with Crippen molar-refractivity contribution in [3.8, 4) is 0 Å². The monoisotopic (exact) mass is 242 g/mol. The highest BCUT2D eigenvalue weighted by molar-refractivity contribution is 7.95. The number of carboxylic acid groups (broad SMARTS) is 1. The number of fused-ring (bicyclic) bond motifs is 1. The molecule has 1 N–H and O–H groups in total. The molecule has 1 aromatic carbocycles. The van der Waals surface area contributed by atoms with Crippen molar-refractivity contribution in [1.29, 1.82) is 0 Å². The average molecular weight is 242 g/mol. The van der Waals surface area contributed by atoms with Gasteiger partial charge >= 0.3 is 5.97 Å². The Balaban J connectivity index is 2.67. The van der Waals surface area contributed by atoms with Crippen LogP contribution in [-0.4, -0.2) is 19.5 Å². The first-order chi connectivity index (χ1) is 7.42. The third-order valence-corrected chi connectivity index (χ3v) is 3.79. The fourth-order valence-electron chi connectivity index (χ4n) is 1.66. The molecule has 1 aliphatic rings. The second kappa shape index (κ2) is 3.41. The van der Waals surface area contributed by atoms with Crippen LogP contribution in [0.4, 0.5) is 4.39 Å². The summed E-state index contributed by atoms with van der Waals surface area (Å²) in [6.07, 6.45) is -0.507. The second-order valence-corrected chi connectivity index (χ2v) is 5.14. The molecule has 0 spiro atoms. The third kappa shape index (κ3) is 1.61. The standard InChI is InChI=1S/C10H7FO4S/c11-7-2-1-3-8-10(7)6(4-9(12)13)5-16(8,14)15/h1-3,5H,4H2,(H,12,13). The lowest BCUT2D eigenvalue weighted by Crippen LogP contribution is -1.98. The number of carbonyl (C=O) groups is 1. The van der Waals surface area contributed by atoms with Crippen molar-refractivity contribution in [1.82, 2.24) is 0 Å². The van der Waals surface area contributed by atoms with Crippen LogP contribution in [0.3, 0.4) is 0 Å². The van der Waals surface area contributed by atoms with E-state index in [1.54, 1.807) is 0 Å². The van der Waals surface area contributed by atoms with E-state index in [0.717, 1.165) is 11.5 Å². The average Bonchev–Trinajstić information content (AvgIpc) is 2.38. The van der Waals surface area contributed by atoms with E-state index in [9.17, 15) is 17.6 Å². The first kappa shape index (κ1) is 10.8. The molecule has 16 heavy (non-hydrogen) atoms. The third-order valence-electron chi connectivity index (χ3n) is 2.24. The van der Waals surface area contributed by atoms with E-state index in [1.807, 2.05) is 0 Å². The van der Waals surface area contributed by atoms with Crippen LogP contribution in [0.25, 0.3) is 5.57 Å². The molecule has 0 amide bonds. The summed E-state index contributed by atoms with van der Waals surface area (Å²) in [6.45, 7) is 0. The topological polar surface area (TPSA) is 71.4 Å². The molecule has 0 bridgehead atoms. The van der Waals surface area contributed by atoms with Crippen LogP contribution in [0.2, 0.25) is 0 Å². The van der Waals surface area contributed by atoms with Gasteiger partial charge in [-0.3, -0.25) is 4.79 Å². The first-order valence-electron chi connectivity index (χ1n) is 4.38. The maximum atomic E-state index is 13.4. The number of carboxylic acids is 1. The van der Waals surface area contributed by atoms with Crippen LogP contribution in [0.15, 0.2) is 28.5 Å². The summed E-state index contributed by atoms with van der Waals surface area (Å²) in [5.41, 5.74) is -0.134. The molecule has 2 rings (SSSR count). The molecule has 0 fully saturated rings. The van der Waals surface area contributed by atoms with E-state index >= 15 is 0 Å². The molecule has 0 saturated heterocycles. The number of sulfone groups is 1. The molecule has 6 heteroatoms. The van der Waals surface area contributed by atoms with Crippen LogP contribution >= 0.6 is 0 Å². The number of halogens is 1. The lowest BCUT2D eigenvalue weighted by Gasteiger charge is -2.02. The lowest BCUT2D eigenvalue weighted by molar-refractivity contribution is -0.135. The Labute approximate surface area is 90.9 Å². The molecule has 0 radical (unpaired) electrons. The molecule has 0 aromatic heterocycles. The predicted octanol–water partition coefficient (Wildman–Crippen LogP) is 1.43. The van der Waals surface area contributed by atoms with Crippen molar-refractivity contribution in [3.05, 3.63) is 35.0 Å². The number of hydrogen-bond donors (Lipinski definition) is 1. The Hall–Kier alpha value is -1.69. The maximum absolute atomic E-state index is 13.4. The summed E-state index contributed by atoms with van der Waals surface area (Å²) < 4.78 is 36.6. The van der Waals surface area contributed by atoms with Crippen LogP contribution < -0.4 is 0 Å². The van der Waals surface area contributed by atoms with Crippen LogP contribution in [-0.2, 0) is 14.6 Å². The summed E-state index contributed by atoms with van der Waals surface area (Å²) in [4.78, 5) is 10.4. The molecule has 0 unspecified atom stereocenters. The largest absolute Gasteiger partial charge is 0.481 e. The summed E-state index contributed by atoms with van der Waals surface area (Å²) in [7, 11) is -3.69. The molecule has 0 saturated carbocycles. The first-order valence-corrected chi connectivity index (χ1v) is 5.93. The highest BCUT2D eigenvalue weighted by atomic mass is 32.2. The highest BCUT2D eigenvalue weighted by Gasteiger charge is 2.30. The van der Waals surface area contributed by atoms with Crippen molar-refractivity contribution >= 4 is 21.4 Å². The quantitative estimate of drug-likeness (QED) is 0.851. The zero-order valence-electron chi connectivity index (χ0n) is 7.97. The van der Waals surface area contributed by atoms with Gasteiger partial charge in [-0.2, -0.15) is 0 Å². The lowest BCUT2D eigenvalue weighted by atomic mass is 10.0. The molecule has 4 nitrogen and oxygen atoms in total. The van der Waals surface area contributed by atoms with Crippen molar-refractivity contribution in [2.75, 3.05) is 0 Å². The van der Waals surface area contributed by atoms with E-state index in [0.29, 0.717) is 0 Å². The van der Waals surface area contributed by atoms with Gasteiger partial charge in [-0.15, -0.1) is 0 Å². The van der Waals surface area contributed by atoms with Gasteiger partial charge in [0.2, 0.25) is 9.84 Å². The van der Waals surface area contributed by atoms with E-state index in [2.05, 4.69) is 0 Å². The summed E-state index contributed by atoms with van der Waals surface area (Å²) in [5, 5.41) is 9.42. The molecular formula is C10H7FO4S. The van der Waals surface area contributed by atoms with Gasteiger partial charge in [0.15, 0.2) is 0 Å². The van der Waals surface area contributed by atoms with Crippen molar-refractivity contribution in [2.45, 2.75) is 11.3 Å². The fourth-order valence-corrected chi connectivity index (χ4v) is 3.14. The zero-order chi connectivity index (χ0) is 11.9. The van der Waals surface area contributed by atoms with Gasteiger partial charge in [-0.05, 0) is 17.7 Å². The Morgan fingerprint density at radius 2 is 2.06 bits per heavy atom. The Morgan fingerprint density at radius 1 is 1.38 bits per heavy atom. The van der Waals surface area contributed by atoms with E-state index in [4.69, 9.17) is 5.11 Å². The number of hydrogen-bond acceptors (Lipinski definition) is 3. The van der Waals surface area contributed by atoms with Crippen molar-refractivity contribution in [2.24, 2.45) is 0 Å². The maximum Gasteiger partial charge on any atom is 0.307 e. The molecule has 1 aromatic rings. The number of rotatable bonds is 2. The number of aliphatic carboxylic acids is 1. The molecule has 1 aliphatic heterocycles. The van der Waals surface area contributed by atoms with Crippen LogP contribution in [0.5, 0.6) is 0 Å². The number of benzene rings is 1. The molecule has 1 heterocycles. The van der Waals surface area contributed by atoms with Crippen LogP contribution in [0.1, 0.15) is 12.0 Å². The smallest absolute Gasteiger partial charge is 0.307 e. The van der Waals surface area contributed by atoms with Crippen LogP contribution in [0, 0.1) is 5.82 Å². The van der Waals surface area contributed by atoms with Gasteiger partial charge in [-0.1, -0.05) is 6.07 Å². The summed E-state index contributed by atoms with van der Waals surface area (Å²) >= 11 is 0. The minimum Gasteiger partial charge on any atom is -0.481 e. The van der Waals surface area contributed by atoms with Gasteiger partial charge in [0.05, 0.1) is 11.3 Å². The summed E-state index contributed by atoms with van der Waals surface area (Å²) in [6, 6.07) is 3.65. The molecule has 0 atom stereocenters. The van der Waals surface area contributed by atoms with Gasteiger partial charge in [0.1, 0.15) is 5.82 Å². The minimum atomic E-state index is -3.69.